The molecule has 0 bridgehead atoms. The summed E-state index contributed by atoms with van der Waals surface area (Å²) in [6.07, 6.45) is 0. The summed E-state index contributed by atoms with van der Waals surface area (Å²) in [4.78, 5) is 0. The van der Waals surface area contributed by atoms with Gasteiger partial charge in [-0.2, -0.15) is 0 Å². The second-order valence-corrected chi connectivity index (χ2v) is 12.7. The number of para-hydroxylation sites is 1. The molecule has 0 atom stereocenters. The first-order valence-electron chi connectivity index (χ1n) is 16.9. The fourth-order valence-electron chi connectivity index (χ4n) is 7.99. The molecule has 0 radical (unpaired) electrons. The lowest BCUT2D eigenvalue weighted by Gasteiger charge is -2.19. The summed E-state index contributed by atoms with van der Waals surface area (Å²) >= 11 is 0. The highest BCUT2D eigenvalue weighted by Gasteiger charge is 2.21. The Hall–Kier alpha value is -6.44. The topological polar surface area (TPSA) is 13.1 Å². The summed E-state index contributed by atoms with van der Waals surface area (Å²) in [5.74, 6) is 0. The van der Waals surface area contributed by atoms with Crippen LogP contribution in [0.25, 0.3) is 98.8 Å². The first-order valence-corrected chi connectivity index (χ1v) is 16.9. The number of hydrogen-bond acceptors (Lipinski definition) is 1. The first-order chi connectivity index (χ1) is 24.3. The van der Waals surface area contributed by atoms with Gasteiger partial charge in [0.05, 0.1) is 0 Å². The van der Waals surface area contributed by atoms with Gasteiger partial charge in [-0.15, -0.1) is 0 Å². The van der Waals surface area contributed by atoms with Crippen molar-refractivity contribution < 1.29 is 4.42 Å². The number of benzene rings is 9. The molecular formula is C48H30O. The molecule has 49 heavy (non-hydrogen) atoms. The summed E-state index contributed by atoms with van der Waals surface area (Å²) in [5.41, 5.74) is 11.5. The molecule has 0 amide bonds. The van der Waals surface area contributed by atoms with Gasteiger partial charge in [-0.05, 0) is 83.4 Å². The van der Waals surface area contributed by atoms with E-state index in [-0.39, 0.29) is 0 Å². The van der Waals surface area contributed by atoms with E-state index in [4.69, 9.17) is 4.42 Å². The Kier molecular flexibility index (Phi) is 6.25. The van der Waals surface area contributed by atoms with Crippen LogP contribution in [0.4, 0.5) is 0 Å². The molecule has 0 saturated carbocycles. The Balaban J connectivity index is 1.28. The summed E-state index contributed by atoms with van der Waals surface area (Å²) in [6, 6.07) is 65.6. The number of hydrogen-bond donors (Lipinski definition) is 0. The highest BCUT2D eigenvalue weighted by molar-refractivity contribution is 6.25. The Bertz CT molecular complexity index is 2800. The van der Waals surface area contributed by atoms with E-state index in [0.717, 1.165) is 33.1 Å². The lowest BCUT2D eigenvalue weighted by Crippen LogP contribution is -1.92. The molecule has 0 aliphatic carbocycles. The van der Waals surface area contributed by atoms with Crippen LogP contribution in [0.3, 0.4) is 0 Å². The molecule has 10 aromatic rings. The van der Waals surface area contributed by atoms with Crippen LogP contribution in [0.15, 0.2) is 186 Å². The smallest absolute Gasteiger partial charge is 0.143 e. The number of fused-ring (bicyclic) bond motifs is 6. The summed E-state index contributed by atoms with van der Waals surface area (Å²) in [7, 11) is 0. The van der Waals surface area contributed by atoms with E-state index in [0.29, 0.717) is 0 Å². The predicted molar refractivity (Wildman–Crippen MR) is 208 cm³/mol. The fourth-order valence-corrected chi connectivity index (χ4v) is 7.99. The van der Waals surface area contributed by atoms with Crippen molar-refractivity contribution in [3.05, 3.63) is 182 Å². The lowest BCUT2D eigenvalue weighted by atomic mass is 9.84. The van der Waals surface area contributed by atoms with Crippen molar-refractivity contribution in [1.29, 1.82) is 0 Å². The molecule has 0 unspecified atom stereocenters. The molecule has 228 valence electrons. The fraction of sp³-hybridized carbons (Fsp3) is 0. The Morgan fingerprint density at radius 1 is 0.265 bits per heavy atom. The highest BCUT2D eigenvalue weighted by Crippen LogP contribution is 2.47. The lowest BCUT2D eigenvalue weighted by molar-refractivity contribution is 0.670. The molecule has 10 rings (SSSR count). The quantitative estimate of drug-likeness (QED) is 0.178. The second kappa shape index (κ2) is 11.1. The maximum atomic E-state index is 6.65. The molecule has 9 aromatic carbocycles. The van der Waals surface area contributed by atoms with Crippen LogP contribution in [-0.4, -0.2) is 0 Å². The van der Waals surface area contributed by atoms with Gasteiger partial charge in [0.1, 0.15) is 11.2 Å². The van der Waals surface area contributed by atoms with Crippen molar-refractivity contribution >= 4 is 54.3 Å². The molecule has 0 fully saturated rings. The zero-order valence-electron chi connectivity index (χ0n) is 26.7. The van der Waals surface area contributed by atoms with Gasteiger partial charge in [0, 0.05) is 16.3 Å². The molecule has 0 spiro atoms. The van der Waals surface area contributed by atoms with Gasteiger partial charge in [0.2, 0.25) is 0 Å². The standard InChI is InChI=1S/C48H30O/c1-3-15-31(16-4-1)33-29-30-42(47-43-23-11-12-28-44(43)49-48(33)47)36-26-13-25-35-34(36)24-14-27-37(35)46-40-21-9-7-19-38(40)45(32-17-5-2-6-18-32)39-20-8-10-22-41(39)46/h1-30H. The van der Waals surface area contributed by atoms with E-state index >= 15 is 0 Å². The largest absolute Gasteiger partial charge is 0.455 e. The van der Waals surface area contributed by atoms with Crippen molar-refractivity contribution in [3.8, 4) is 44.5 Å². The first kappa shape index (κ1) is 27.7. The molecule has 0 saturated heterocycles. The van der Waals surface area contributed by atoms with Crippen molar-refractivity contribution in [3.63, 3.8) is 0 Å². The monoisotopic (exact) mass is 622 g/mol. The van der Waals surface area contributed by atoms with Crippen LogP contribution in [0.1, 0.15) is 0 Å². The van der Waals surface area contributed by atoms with Crippen LogP contribution >= 0.6 is 0 Å². The van der Waals surface area contributed by atoms with Crippen LogP contribution < -0.4 is 0 Å². The van der Waals surface area contributed by atoms with Gasteiger partial charge in [0.15, 0.2) is 0 Å². The third-order valence-corrected chi connectivity index (χ3v) is 10.1. The minimum absolute atomic E-state index is 0.902. The van der Waals surface area contributed by atoms with Gasteiger partial charge >= 0.3 is 0 Å². The summed E-state index contributed by atoms with van der Waals surface area (Å²) < 4.78 is 6.65. The van der Waals surface area contributed by atoms with Crippen molar-refractivity contribution in [2.24, 2.45) is 0 Å². The average molecular weight is 623 g/mol. The number of rotatable bonds is 4. The van der Waals surface area contributed by atoms with Gasteiger partial charge in [-0.1, -0.05) is 170 Å². The van der Waals surface area contributed by atoms with Crippen LogP contribution in [0.2, 0.25) is 0 Å². The van der Waals surface area contributed by atoms with E-state index in [2.05, 4.69) is 182 Å². The SMILES string of the molecule is c1ccc(-c2c3ccccc3c(-c3cccc4c(-c5ccc(-c6ccccc6)c6oc7ccccc7c56)cccc34)c3ccccc23)cc1. The third-order valence-electron chi connectivity index (χ3n) is 10.1. The molecule has 0 N–H and O–H groups in total. The van der Waals surface area contributed by atoms with Crippen LogP contribution in [0, 0.1) is 0 Å². The minimum atomic E-state index is 0.902. The van der Waals surface area contributed by atoms with E-state index in [9.17, 15) is 0 Å². The molecule has 1 heteroatoms. The maximum absolute atomic E-state index is 6.65. The van der Waals surface area contributed by atoms with E-state index in [1.807, 2.05) is 0 Å². The van der Waals surface area contributed by atoms with Crippen molar-refractivity contribution in [1.82, 2.24) is 0 Å². The van der Waals surface area contributed by atoms with Gasteiger partial charge < -0.3 is 4.42 Å². The Morgan fingerprint density at radius 3 is 1.39 bits per heavy atom. The normalized spacial score (nSPS) is 11.7. The van der Waals surface area contributed by atoms with E-state index in [1.165, 1.54) is 65.7 Å². The molecule has 1 heterocycles. The predicted octanol–water partition coefficient (Wildman–Crippen LogP) is 13.7. The van der Waals surface area contributed by atoms with Crippen LogP contribution in [-0.2, 0) is 0 Å². The maximum Gasteiger partial charge on any atom is 0.143 e. The average Bonchev–Trinajstić information content (AvgIpc) is 3.57. The minimum Gasteiger partial charge on any atom is -0.455 e. The molecule has 1 nitrogen and oxygen atoms in total. The van der Waals surface area contributed by atoms with Crippen molar-refractivity contribution in [2.75, 3.05) is 0 Å². The third kappa shape index (κ3) is 4.26. The molecule has 0 aliphatic heterocycles. The molecule has 0 aliphatic rings. The zero-order chi connectivity index (χ0) is 32.3. The van der Waals surface area contributed by atoms with E-state index < -0.39 is 0 Å². The van der Waals surface area contributed by atoms with Gasteiger partial charge in [0.25, 0.3) is 0 Å². The van der Waals surface area contributed by atoms with E-state index in [1.54, 1.807) is 0 Å². The molecular weight excluding hydrogens is 593 g/mol. The van der Waals surface area contributed by atoms with Gasteiger partial charge in [-0.25, -0.2) is 0 Å². The van der Waals surface area contributed by atoms with Crippen molar-refractivity contribution in [2.45, 2.75) is 0 Å². The Labute approximate surface area is 284 Å². The number of furan rings is 1. The molecule has 1 aromatic heterocycles. The van der Waals surface area contributed by atoms with Crippen LogP contribution in [0.5, 0.6) is 0 Å². The highest BCUT2D eigenvalue weighted by atomic mass is 16.3. The summed E-state index contributed by atoms with van der Waals surface area (Å²) in [5, 5.41) is 9.78. The van der Waals surface area contributed by atoms with Gasteiger partial charge in [-0.3, -0.25) is 0 Å². The summed E-state index contributed by atoms with van der Waals surface area (Å²) in [6.45, 7) is 0. The zero-order valence-corrected chi connectivity index (χ0v) is 26.7. The second-order valence-electron chi connectivity index (χ2n) is 12.7. The Morgan fingerprint density at radius 2 is 0.735 bits per heavy atom.